The van der Waals surface area contributed by atoms with Gasteiger partial charge in [-0.25, -0.2) is 0 Å². The van der Waals surface area contributed by atoms with Gasteiger partial charge in [0.25, 0.3) is 0 Å². The third kappa shape index (κ3) is 7.37. The Balaban J connectivity index is 2.36. The Kier molecular flexibility index (Phi) is 8.97. The molecule has 0 N–H and O–H groups in total. The number of benzene rings is 1. The molecule has 0 unspecified atom stereocenters. The van der Waals surface area contributed by atoms with Gasteiger partial charge in [-0.05, 0) is 47.4 Å². The van der Waals surface area contributed by atoms with Gasteiger partial charge in [0.15, 0.2) is 16.6 Å². The lowest BCUT2D eigenvalue weighted by Gasteiger charge is -2.47. The van der Waals surface area contributed by atoms with E-state index in [0.29, 0.717) is 6.61 Å². The molecule has 2 atom stereocenters. The first kappa shape index (κ1) is 28.0. The van der Waals surface area contributed by atoms with Crippen molar-refractivity contribution in [3.63, 3.8) is 0 Å². The van der Waals surface area contributed by atoms with Crippen molar-refractivity contribution in [1.29, 1.82) is 5.26 Å². The van der Waals surface area contributed by atoms with Crippen LogP contribution in [0.1, 0.15) is 59.9 Å². The van der Waals surface area contributed by atoms with Crippen molar-refractivity contribution in [2.75, 3.05) is 0 Å². The summed E-state index contributed by atoms with van der Waals surface area (Å²) in [6.45, 7) is 23.2. The van der Waals surface area contributed by atoms with Gasteiger partial charge in [0, 0.05) is 18.9 Å². The average molecular weight is 488 g/mol. The van der Waals surface area contributed by atoms with Gasteiger partial charge in [0.2, 0.25) is 0 Å². The maximum absolute atomic E-state index is 9.64. The number of ether oxygens (including phenoxy) is 1. The molecule has 2 rings (SSSR count). The molecule has 0 heterocycles. The maximum atomic E-state index is 9.64. The summed E-state index contributed by atoms with van der Waals surface area (Å²) < 4.78 is 20.2. The summed E-state index contributed by atoms with van der Waals surface area (Å²) in [6, 6.07) is 12.6. The van der Waals surface area contributed by atoms with E-state index >= 15 is 0 Å². The van der Waals surface area contributed by atoms with E-state index in [9.17, 15) is 5.26 Å². The molecule has 0 amide bonds. The molecule has 1 aliphatic carbocycles. The molecule has 0 bridgehead atoms. The fraction of sp³-hybridized carbons (Fsp3) is 0.667. The number of hydrogen-bond donors (Lipinski definition) is 0. The second-order valence-corrected chi connectivity index (χ2v) is 21.9. The Bertz CT molecular complexity index is 805. The van der Waals surface area contributed by atoms with Crippen LogP contribution in [-0.2, 0) is 20.2 Å². The van der Waals surface area contributed by atoms with Crippen LogP contribution in [0.5, 0.6) is 0 Å². The van der Waals surface area contributed by atoms with Gasteiger partial charge in [-0.2, -0.15) is 5.26 Å². The minimum Gasteiger partial charge on any atom is -0.410 e. The molecule has 1 aromatic carbocycles. The molecule has 0 aliphatic heterocycles. The lowest BCUT2D eigenvalue weighted by molar-refractivity contribution is -0.0324. The van der Waals surface area contributed by atoms with E-state index in [0.717, 1.165) is 18.4 Å². The molecule has 1 aliphatic rings. The summed E-state index contributed by atoms with van der Waals surface area (Å²) in [5.41, 5.74) is 2.16. The van der Waals surface area contributed by atoms with Crippen LogP contribution in [0.15, 0.2) is 42.0 Å². The second kappa shape index (κ2) is 10.6. The Labute approximate surface area is 204 Å². The quantitative estimate of drug-likeness (QED) is 0.293. The molecule has 0 aromatic heterocycles. The van der Waals surface area contributed by atoms with Crippen molar-refractivity contribution in [2.45, 2.75) is 116 Å². The minimum absolute atomic E-state index is 0.0191. The predicted molar refractivity (Wildman–Crippen MR) is 142 cm³/mol. The van der Waals surface area contributed by atoms with Crippen molar-refractivity contribution in [3.8, 4) is 6.07 Å². The highest BCUT2D eigenvalue weighted by molar-refractivity contribution is 6.74. The molecule has 184 valence electrons. The molecular weight excluding hydrogens is 442 g/mol. The first-order chi connectivity index (χ1) is 15.1. The summed E-state index contributed by atoms with van der Waals surface area (Å²) in [6.07, 6.45) is 2.90. The molecule has 1 aromatic rings. The topological polar surface area (TPSA) is 51.5 Å². The van der Waals surface area contributed by atoms with Crippen molar-refractivity contribution in [1.82, 2.24) is 0 Å². The predicted octanol–water partition coefficient (Wildman–Crippen LogP) is 7.60. The fourth-order valence-corrected chi connectivity index (χ4v) is 6.13. The van der Waals surface area contributed by atoms with Gasteiger partial charge in [0.05, 0.1) is 31.0 Å². The number of hydrogen-bond acceptors (Lipinski definition) is 4. The lowest BCUT2D eigenvalue weighted by Crippen LogP contribution is -2.52. The summed E-state index contributed by atoms with van der Waals surface area (Å²) in [4.78, 5) is 0. The molecule has 1 fully saturated rings. The standard InChI is InChI=1S/C27H45NO3Si2/c1-26(2,3)32(7,8)30-24-18-22(29-20-21-14-12-11-13-15-21)19-25(23(24)16-17-28)31-33(9,10)27(4,5)6/h11-16,22,24-25H,18-20H2,1-10H3/t22?,24-,25-/m1/s1. The Morgan fingerprint density at radius 1 is 0.879 bits per heavy atom. The molecule has 33 heavy (non-hydrogen) atoms. The third-order valence-corrected chi connectivity index (χ3v) is 16.7. The van der Waals surface area contributed by atoms with Crippen LogP contribution in [0.25, 0.3) is 0 Å². The SMILES string of the molecule is CC(C)(C)[Si](C)(C)O[C@@H]1CC(OCc2ccccc2)C[C@@H](O[Si](C)(C)C(C)(C)C)C1=CC#N. The van der Waals surface area contributed by atoms with Crippen molar-refractivity contribution >= 4 is 16.6 Å². The lowest BCUT2D eigenvalue weighted by atomic mass is 9.87. The molecule has 0 radical (unpaired) electrons. The normalized spacial score (nSPS) is 22.7. The molecule has 1 saturated carbocycles. The molecule has 4 nitrogen and oxygen atoms in total. The first-order valence-corrected chi connectivity index (χ1v) is 18.0. The van der Waals surface area contributed by atoms with Crippen LogP contribution >= 0.6 is 0 Å². The van der Waals surface area contributed by atoms with Crippen LogP contribution < -0.4 is 0 Å². The molecule has 6 heteroatoms. The van der Waals surface area contributed by atoms with Gasteiger partial charge >= 0.3 is 0 Å². The number of rotatable bonds is 7. The zero-order valence-corrected chi connectivity index (χ0v) is 24.5. The first-order valence-electron chi connectivity index (χ1n) is 12.2. The third-order valence-electron chi connectivity index (χ3n) is 7.74. The summed E-state index contributed by atoms with van der Waals surface area (Å²) in [7, 11) is -4.11. The highest BCUT2D eigenvalue weighted by atomic mass is 28.4. The smallest absolute Gasteiger partial charge is 0.192 e. The van der Waals surface area contributed by atoms with Gasteiger partial charge in [-0.1, -0.05) is 71.9 Å². The molecule has 0 saturated heterocycles. The van der Waals surface area contributed by atoms with Crippen LogP contribution in [-0.4, -0.2) is 34.9 Å². The summed E-state index contributed by atoms with van der Waals surface area (Å²) >= 11 is 0. The van der Waals surface area contributed by atoms with Gasteiger partial charge in [-0.15, -0.1) is 0 Å². The fourth-order valence-electron chi connectivity index (χ4n) is 3.54. The van der Waals surface area contributed by atoms with E-state index < -0.39 is 16.6 Å². The highest BCUT2D eigenvalue weighted by Crippen LogP contribution is 2.44. The number of nitriles is 1. The molecular formula is C27H45NO3Si2. The van der Waals surface area contributed by atoms with E-state index in [4.69, 9.17) is 13.6 Å². The van der Waals surface area contributed by atoms with Crippen LogP contribution in [0, 0.1) is 11.3 Å². The molecule has 0 spiro atoms. The summed E-state index contributed by atoms with van der Waals surface area (Å²) in [5, 5.41) is 9.81. The van der Waals surface area contributed by atoms with E-state index in [1.165, 1.54) is 5.56 Å². The van der Waals surface area contributed by atoms with E-state index in [1.54, 1.807) is 6.08 Å². The van der Waals surface area contributed by atoms with Crippen molar-refractivity contribution in [3.05, 3.63) is 47.5 Å². The van der Waals surface area contributed by atoms with Crippen molar-refractivity contribution in [2.24, 2.45) is 0 Å². The number of nitrogens with zero attached hydrogens (tertiary/aromatic N) is 1. The largest absolute Gasteiger partial charge is 0.410 e. The average Bonchev–Trinajstić information content (AvgIpc) is 2.67. The van der Waals surface area contributed by atoms with Gasteiger partial charge in [0.1, 0.15) is 0 Å². The van der Waals surface area contributed by atoms with Crippen LogP contribution in [0.3, 0.4) is 0 Å². The Morgan fingerprint density at radius 3 is 1.73 bits per heavy atom. The zero-order valence-electron chi connectivity index (χ0n) is 22.5. The monoisotopic (exact) mass is 487 g/mol. The van der Waals surface area contributed by atoms with Gasteiger partial charge in [-0.3, -0.25) is 0 Å². The number of allylic oxidation sites excluding steroid dienone is 1. The van der Waals surface area contributed by atoms with Crippen molar-refractivity contribution < 1.29 is 13.6 Å². The van der Waals surface area contributed by atoms with Crippen LogP contribution in [0.2, 0.25) is 36.3 Å². The van der Waals surface area contributed by atoms with E-state index in [1.807, 2.05) is 18.2 Å². The second-order valence-electron chi connectivity index (χ2n) is 12.4. The highest BCUT2D eigenvalue weighted by Gasteiger charge is 2.46. The Morgan fingerprint density at radius 2 is 1.33 bits per heavy atom. The van der Waals surface area contributed by atoms with Gasteiger partial charge < -0.3 is 13.6 Å². The van der Waals surface area contributed by atoms with E-state index in [-0.39, 0.29) is 28.4 Å². The van der Waals surface area contributed by atoms with E-state index in [2.05, 4.69) is 85.9 Å². The van der Waals surface area contributed by atoms with Crippen LogP contribution in [0.4, 0.5) is 0 Å². The summed E-state index contributed by atoms with van der Waals surface area (Å²) in [5.74, 6) is 0. The maximum Gasteiger partial charge on any atom is 0.192 e. The zero-order chi connectivity index (χ0) is 25.1. The minimum atomic E-state index is -2.05. The Hall–Kier alpha value is -1.24.